The van der Waals surface area contributed by atoms with Gasteiger partial charge in [-0.15, -0.1) is 5.10 Å². The van der Waals surface area contributed by atoms with Crippen molar-refractivity contribution >= 4 is 11.6 Å². The Balaban J connectivity index is 1.32. The van der Waals surface area contributed by atoms with Crippen LogP contribution in [0, 0.1) is 17.5 Å². The summed E-state index contributed by atoms with van der Waals surface area (Å²) in [5.41, 5.74) is 1.66. The molecule has 0 aliphatic carbocycles. The van der Waals surface area contributed by atoms with E-state index in [9.17, 15) is 13.2 Å². The lowest BCUT2D eigenvalue weighted by Crippen LogP contribution is -2.47. The minimum absolute atomic E-state index is 0.205. The number of anilines is 2. The average Bonchev–Trinajstić information content (AvgIpc) is 3.29. The SMILES string of the molecule is Fc1cc(Nc2ncn(-c3cc(F)cc(F)c3)n2)cc(C2CCN(C3COC3)C2)c1. The van der Waals surface area contributed by atoms with E-state index in [4.69, 9.17) is 4.74 Å². The van der Waals surface area contributed by atoms with Crippen molar-refractivity contribution in [2.24, 2.45) is 0 Å². The minimum atomic E-state index is -0.705. The number of nitrogens with zero attached hydrogens (tertiary/aromatic N) is 4. The molecule has 2 fully saturated rings. The largest absolute Gasteiger partial charge is 0.378 e. The summed E-state index contributed by atoms with van der Waals surface area (Å²) in [6.45, 7) is 3.40. The average molecular weight is 415 g/mol. The normalized spacial score (nSPS) is 19.8. The molecule has 2 aliphatic heterocycles. The highest BCUT2D eigenvalue weighted by Gasteiger charge is 2.33. The lowest BCUT2D eigenvalue weighted by molar-refractivity contribution is -0.0573. The Morgan fingerprint density at radius 3 is 2.47 bits per heavy atom. The molecule has 2 aliphatic rings. The number of ether oxygens (including phenoxy) is 1. The van der Waals surface area contributed by atoms with Gasteiger partial charge >= 0.3 is 0 Å². The molecular weight excluding hydrogens is 395 g/mol. The van der Waals surface area contributed by atoms with E-state index in [2.05, 4.69) is 20.3 Å². The van der Waals surface area contributed by atoms with Gasteiger partial charge in [-0.25, -0.2) is 17.9 Å². The van der Waals surface area contributed by atoms with Crippen molar-refractivity contribution in [3.63, 3.8) is 0 Å². The number of halogens is 3. The molecule has 0 amide bonds. The molecule has 6 nitrogen and oxygen atoms in total. The molecule has 1 N–H and O–H groups in total. The number of rotatable bonds is 5. The molecule has 0 saturated carbocycles. The van der Waals surface area contributed by atoms with Gasteiger partial charge in [0.25, 0.3) is 0 Å². The van der Waals surface area contributed by atoms with Gasteiger partial charge in [0.05, 0.1) is 24.9 Å². The summed E-state index contributed by atoms with van der Waals surface area (Å²) in [5, 5.41) is 7.17. The standard InChI is InChI=1S/C21H20F3N5O/c22-15-3-14(13-1-2-28(9-13)20-10-30-11-20)4-18(6-15)26-21-25-12-29(27-21)19-7-16(23)5-17(24)8-19/h3-8,12-13,20H,1-2,9-11H2,(H,26,27). The summed E-state index contributed by atoms with van der Waals surface area (Å²) >= 11 is 0. The van der Waals surface area contributed by atoms with Gasteiger partial charge < -0.3 is 10.1 Å². The monoisotopic (exact) mass is 415 g/mol. The quantitative estimate of drug-likeness (QED) is 0.690. The summed E-state index contributed by atoms with van der Waals surface area (Å²) in [7, 11) is 0. The molecule has 156 valence electrons. The summed E-state index contributed by atoms with van der Waals surface area (Å²) in [6, 6.07) is 8.41. The maximum Gasteiger partial charge on any atom is 0.246 e. The second-order valence-corrected chi connectivity index (χ2v) is 7.71. The van der Waals surface area contributed by atoms with Crippen molar-refractivity contribution in [1.29, 1.82) is 0 Å². The molecule has 1 unspecified atom stereocenters. The van der Waals surface area contributed by atoms with Crippen LogP contribution in [0.3, 0.4) is 0 Å². The Hall–Kier alpha value is -2.91. The van der Waals surface area contributed by atoms with E-state index in [0.717, 1.165) is 56.5 Å². The summed E-state index contributed by atoms with van der Waals surface area (Å²) in [5.74, 6) is -1.29. The van der Waals surface area contributed by atoms with E-state index in [0.29, 0.717) is 11.7 Å². The Labute approximate surface area is 171 Å². The number of aromatic nitrogens is 3. The van der Waals surface area contributed by atoms with Crippen LogP contribution in [0.25, 0.3) is 5.69 Å². The topological polar surface area (TPSA) is 55.2 Å². The van der Waals surface area contributed by atoms with Crippen LogP contribution in [0.4, 0.5) is 24.8 Å². The van der Waals surface area contributed by atoms with Gasteiger partial charge in [-0.3, -0.25) is 4.90 Å². The maximum atomic E-state index is 14.3. The highest BCUT2D eigenvalue weighted by atomic mass is 19.1. The smallest absolute Gasteiger partial charge is 0.246 e. The number of hydrogen-bond donors (Lipinski definition) is 1. The van der Waals surface area contributed by atoms with Crippen LogP contribution in [-0.4, -0.2) is 52.0 Å². The van der Waals surface area contributed by atoms with Crippen molar-refractivity contribution in [2.75, 3.05) is 31.6 Å². The van der Waals surface area contributed by atoms with Gasteiger partial charge in [0.1, 0.15) is 23.8 Å². The molecule has 2 aromatic carbocycles. The lowest BCUT2D eigenvalue weighted by Gasteiger charge is -2.34. The van der Waals surface area contributed by atoms with Crippen LogP contribution in [0.2, 0.25) is 0 Å². The zero-order chi connectivity index (χ0) is 20.7. The molecule has 0 spiro atoms. The van der Waals surface area contributed by atoms with E-state index in [1.807, 2.05) is 6.07 Å². The molecular formula is C21H20F3N5O. The lowest BCUT2D eigenvalue weighted by atomic mass is 9.97. The highest BCUT2D eigenvalue weighted by Crippen LogP contribution is 2.32. The zero-order valence-electron chi connectivity index (χ0n) is 16.1. The first-order valence-corrected chi connectivity index (χ1v) is 9.81. The van der Waals surface area contributed by atoms with E-state index >= 15 is 0 Å². The summed E-state index contributed by atoms with van der Waals surface area (Å²) in [4.78, 5) is 6.51. The predicted octanol–water partition coefficient (Wildman–Crippen LogP) is 3.62. The number of hydrogen-bond acceptors (Lipinski definition) is 5. The van der Waals surface area contributed by atoms with E-state index in [1.54, 1.807) is 6.07 Å². The molecule has 30 heavy (non-hydrogen) atoms. The van der Waals surface area contributed by atoms with Crippen LogP contribution < -0.4 is 5.32 Å². The van der Waals surface area contributed by atoms with Gasteiger partial charge in [0.2, 0.25) is 5.95 Å². The van der Waals surface area contributed by atoms with Crippen LogP contribution in [0.15, 0.2) is 42.7 Å². The van der Waals surface area contributed by atoms with Gasteiger partial charge in [-0.05, 0) is 54.8 Å². The van der Waals surface area contributed by atoms with Crippen LogP contribution in [-0.2, 0) is 4.74 Å². The van der Waals surface area contributed by atoms with Gasteiger partial charge in [-0.2, -0.15) is 4.98 Å². The highest BCUT2D eigenvalue weighted by molar-refractivity contribution is 5.55. The van der Waals surface area contributed by atoms with Crippen molar-refractivity contribution in [1.82, 2.24) is 19.7 Å². The molecule has 0 bridgehead atoms. The Morgan fingerprint density at radius 1 is 0.967 bits per heavy atom. The Bertz CT molecular complexity index is 1050. The number of benzene rings is 2. The first kappa shape index (κ1) is 19.1. The van der Waals surface area contributed by atoms with Gasteiger partial charge in [0, 0.05) is 18.3 Å². The van der Waals surface area contributed by atoms with Crippen molar-refractivity contribution in [3.8, 4) is 5.69 Å². The fourth-order valence-electron chi connectivity index (χ4n) is 3.99. The third-order valence-electron chi connectivity index (χ3n) is 5.61. The first-order valence-electron chi connectivity index (χ1n) is 9.81. The molecule has 1 aromatic heterocycles. The third-order valence-corrected chi connectivity index (χ3v) is 5.61. The molecule has 9 heteroatoms. The van der Waals surface area contributed by atoms with E-state index in [1.165, 1.54) is 17.1 Å². The van der Waals surface area contributed by atoms with Crippen molar-refractivity contribution in [2.45, 2.75) is 18.4 Å². The molecule has 3 heterocycles. The number of likely N-dealkylation sites (tertiary alicyclic amines) is 1. The Morgan fingerprint density at radius 2 is 1.73 bits per heavy atom. The predicted molar refractivity (Wildman–Crippen MR) is 104 cm³/mol. The zero-order valence-corrected chi connectivity index (χ0v) is 16.1. The molecule has 1 atom stereocenters. The summed E-state index contributed by atoms with van der Waals surface area (Å²) < 4.78 is 47.7. The minimum Gasteiger partial charge on any atom is -0.378 e. The Kier molecular flexibility index (Phi) is 4.92. The molecule has 2 saturated heterocycles. The second-order valence-electron chi connectivity index (χ2n) is 7.71. The van der Waals surface area contributed by atoms with E-state index in [-0.39, 0.29) is 23.4 Å². The van der Waals surface area contributed by atoms with E-state index < -0.39 is 11.6 Å². The first-order chi connectivity index (χ1) is 14.5. The second kappa shape index (κ2) is 7.73. The van der Waals surface area contributed by atoms with Gasteiger partial charge in [0.15, 0.2) is 0 Å². The fraction of sp³-hybridized carbons (Fsp3) is 0.333. The van der Waals surface area contributed by atoms with Crippen LogP contribution in [0.1, 0.15) is 17.9 Å². The van der Waals surface area contributed by atoms with Crippen LogP contribution in [0.5, 0.6) is 0 Å². The fourth-order valence-corrected chi connectivity index (χ4v) is 3.99. The number of nitrogens with one attached hydrogen (secondary N) is 1. The molecule has 5 rings (SSSR count). The third kappa shape index (κ3) is 3.90. The molecule has 3 aromatic rings. The van der Waals surface area contributed by atoms with Crippen molar-refractivity contribution in [3.05, 3.63) is 65.7 Å². The van der Waals surface area contributed by atoms with Gasteiger partial charge in [-0.1, -0.05) is 0 Å². The maximum absolute atomic E-state index is 14.3. The van der Waals surface area contributed by atoms with Crippen LogP contribution >= 0.6 is 0 Å². The summed E-state index contributed by atoms with van der Waals surface area (Å²) in [6.07, 6.45) is 2.31. The van der Waals surface area contributed by atoms with Crippen molar-refractivity contribution < 1.29 is 17.9 Å². The molecule has 0 radical (unpaired) electrons.